The number of aromatic nitrogens is 2. The number of nitrogens with one attached hydrogen (secondary N) is 1. The summed E-state index contributed by atoms with van der Waals surface area (Å²) in [5.41, 5.74) is 8.09. The lowest BCUT2D eigenvalue weighted by Gasteiger charge is -2.07. The maximum absolute atomic E-state index is 5.96. The molecule has 1 aromatic carbocycles. The van der Waals surface area contributed by atoms with Gasteiger partial charge in [0.2, 0.25) is 0 Å². The van der Waals surface area contributed by atoms with Gasteiger partial charge in [0.15, 0.2) is 5.95 Å². The van der Waals surface area contributed by atoms with Gasteiger partial charge in [0.1, 0.15) is 5.75 Å². The van der Waals surface area contributed by atoms with E-state index in [0.29, 0.717) is 11.0 Å². The van der Waals surface area contributed by atoms with Crippen LogP contribution in [-0.4, -0.2) is 17.1 Å². The molecule has 0 saturated carbocycles. The number of aromatic amines is 1. The number of hydrogen-bond donors (Lipinski definition) is 2. The number of anilines is 1. The van der Waals surface area contributed by atoms with Crippen LogP contribution in [0.2, 0.25) is 5.02 Å². The molecule has 4 nitrogen and oxygen atoms in total. The summed E-state index contributed by atoms with van der Waals surface area (Å²) >= 11 is 5.96. The Balaban J connectivity index is 2.62. The molecule has 0 radical (unpaired) electrons. The zero-order valence-electron chi connectivity index (χ0n) is 9.04. The largest absolute Gasteiger partial charge is 0.496 e. The molecule has 0 aliphatic rings. The molecular weight excluding hydrogens is 226 g/mol. The van der Waals surface area contributed by atoms with Crippen LogP contribution in [0.4, 0.5) is 5.95 Å². The van der Waals surface area contributed by atoms with Gasteiger partial charge in [-0.15, -0.1) is 0 Å². The topological polar surface area (TPSA) is 63.9 Å². The van der Waals surface area contributed by atoms with Crippen LogP contribution >= 0.6 is 11.6 Å². The molecule has 0 atom stereocenters. The van der Waals surface area contributed by atoms with Crippen LogP contribution in [0.1, 0.15) is 5.69 Å². The van der Waals surface area contributed by atoms with E-state index in [1.807, 2.05) is 19.1 Å². The van der Waals surface area contributed by atoms with Crippen LogP contribution in [0.5, 0.6) is 5.75 Å². The first-order valence-electron chi connectivity index (χ1n) is 4.78. The van der Waals surface area contributed by atoms with E-state index in [4.69, 9.17) is 22.1 Å². The third-order valence-corrected chi connectivity index (χ3v) is 2.55. The number of halogens is 1. The second kappa shape index (κ2) is 4.06. The smallest absolute Gasteiger partial charge is 0.198 e. The second-order valence-corrected chi connectivity index (χ2v) is 3.88. The maximum Gasteiger partial charge on any atom is 0.198 e. The first-order chi connectivity index (χ1) is 7.61. The maximum atomic E-state index is 5.96. The van der Waals surface area contributed by atoms with Crippen molar-refractivity contribution in [2.24, 2.45) is 0 Å². The summed E-state index contributed by atoms with van der Waals surface area (Å²) in [6.07, 6.45) is 0. The van der Waals surface area contributed by atoms with Crippen LogP contribution in [0.3, 0.4) is 0 Å². The summed E-state index contributed by atoms with van der Waals surface area (Å²) in [7, 11) is 1.61. The average Bonchev–Trinajstić information content (AvgIpc) is 2.57. The fraction of sp³-hybridized carbons (Fsp3) is 0.182. The summed E-state index contributed by atoms with van der Waals surface area (Å²) in [5.74, 6) is 1.11. The Hall–Kier alpha value is -1.68. The normalized spacial score (nSPS) is 10.4. The molecule has 2 rings (SSSR count). The summed E-state index contributed by atoms with van der Waals surface area (Å²) in [5, 5.41) is 0.636. The average molecular weight is 238 g/mol. The van der Waals surface area contributed by atoms with Crippen molar-refractivity contribution in [3.8, 4) is 17.0 Å². The fourth-order valence-corrected chi connectivity index (χ4v) is 1.78. The highest BCUT2D eigenvalue weighted by molar-refractivity contribution is 6.31. The first-order valence-corrected chi connectivity index (χ1v) is 5.15. The number of H-pyrrole nitrogens is 1. The van der Waals surface area contributed by atoms with Gasteiger partial charge in [-0.2, -0.15) is 0 Å². The highest BCUT2D eigenvalue weighted by Gasteiger charge is 2.12. The van der Waals surface area contributed by atoms with Gasteiger partial charge in [-0.25, -0.2) is 4.98 Å². The monoisotopic (exact) mass is 237 g/mol. The summed E-state index contributed by atoms with van der Waals surface area (Å²) in [4.78, 5) is 7.16. The van der Waals surface area contributed by atoms with E-state index in [9.17, 15) is 0 Å². The van der Waals surface area contributed by atoms with Gasteiger partial charge in [-0.3, -0.25) is 0 Å². The molecule has 0 fully saturated rings. The third kappa shape index (κ3) is 1.84. The minimum absolute atomic E-state index is 0.384. The van der Waals surface area contributed by atoms with E-state index in [-0.39, 0.29) is 0 Å². The van der Waals surface area contributed by atoms with Gasteiger partial charge < -0.3 is 15.5 Å². The van der Waals surface area contributed by atoms with Crippen molar-refractivity contribution in [3.63, 3.8) is 0 Å². The number of rotatable bonds is 2. The molecular formula is C11H12ClN3O. The number of hydrogen-bond acceptors (Lipinski definition) is 3. The highest BCUT2D eigenvalue weighted by atomic mass is 35.5. The molecule has 0 aliphatic carbocycles. The van der Waals surface area contributed by atoms with Gasteiger partial charge >= 0.3 is 0 Å². The standard InChI is InChI=1S/C11H12ClN3O/c1-6-10(15-11(13)14-6)8-5-7(12)3-4-9(8)16-2/h3-5H,1-2H3,(H3,13,14,15). The lowest BCUT2D eigenvalue weighted by molar-refractivity contribution is 0.416. The number of aryl methyl sites for hydroxylation is 1. The Labute approximate surface area is 98.4 Å². The molecule has 0 saturated heterocycles. The minimum atomic E-state index is 0.384. The molecule has 0 spiro atoms. The van der Waals surface area contributed by atoms with Crippen molar-refractivity contribution in [2.45, 2.75) is 6.92 Å². The molecule has 0 unspecified atom stereocenters. The van der Waals surface area contributed by atoms with Crippen LogP contribution in [-0.2, 0) is 0 Å². The Morgan fingerprint density at radius 1 is 1.44 bits per heavy atom. The number of nitrogens with zero attached hydrogens (tertiary/aromatic N) is 1. The first kappa shape index (κ1) is 10.8. The van der Waals surface area contributed by atoms with E-state index in [0.717, 1.165) is 22.7 Å². The molecule has 2 aromatic rings. The van der Waals surface area contributed by atoms with Crippen LogP contribution in [0, 0.1) is 6.92 Å². The van der Waals surface area contributed by atoms with E-state index in [1.54, 1.807) is 13.2 Å². The van der Waals surface area contributed by atoms with Crippen molar-refractivity contribution >= 4 is 17.5 Å². The van der Waals surface area contributed by atoms with Gasteiger partial charge in [-0.05, 0) is 25.1 Å². The fourth-order valence-electron chi connectivity index (χ4n) is 1.61. The Morgan fingerprint density at radius 2 is 2.19 bits per heavy atom. The van der Waals surface area contributed by atoms with E-state index in [1.165, 1.54) is 0 Å². The number of nitrogen functional groups attached to an aromatic ring is 1. The Morgan fingerprint density at radius 3 is 2.75 bits per heavy atom. The molecule has 84 valence electrons. The second-order valence-electron chi connectivity index (χ2n) is 3.44. The SMILES string of the molecule is COc1ccc(Cl)cc1-c1nc(N)[nH]c1C. The van der Waals surface area contributed by atoms with E-state index >= 15 is 0 Å². The number of ether oxygens (including phenoxy) is 1. The molecule has 0 aliphatic heterocycles. The van der Waals surface area contributed by atoms with Crippen molar-refractivity contribution < 1.29 is 4.74 Å². The molecule has 1 aromatic heterocycles. The van der Waals surface area contributed by atoms with E-state index in [2.05, 4.69) is 9.97 Å². The van der Waals surface area contributed by atoms with Gasteiger partial charge in [0.05, 0.1) is 12.8 Å². The molecule has 5 heteroatoms. The molecule has 3 N–H and O–H groups in total. The number of imidazole rings is 1. The van der Waals surface area contributed by atoms with Crippen molar-refractivity contribution in [2.75, 3.05) is 12.8 Å². The third-order valence-electron chi connectivity index (χ3n) is 2.32. The predicted molar refractivity (Wildman–Crippen MR) is 64.7 cm³/mol. The molecule has 1 heterocycles. The van der Waals surface area contributed by atoms with Gasteiger partial charge in [-0.1, -0.05) is 11.6 Å². The summed E-state index contributed by atoms with van der Waals surface area (Å²) in [6.45, 7) is 1.90. The molecule has 16 heavy (non-hydrogen) atoms. The number of benzene rings is 1. The minimum Gasteiger partial charge on any atom is -0.496 e. The zero-order chi connectivity index (χ0) is 11.7. The van der Waals surface area contributed by atoms with Crippen molar-refractivity contribution in [1.29, 1.82) is 0 Å². The lowest BCUT2D eigenvalue weighted by atomic mass is 10.1. The Bertz CT molecular complexity index is 522. The predicted octanol–water partition coefficient (Wildman–Crippen LogP) is 2.63. The summed E-state index contributed by atoms with van der Waals surface area (Å²) < 4.78 is 5.27. The Kier molecular flexibility index (Phi) is 2.75. The molecule has 0 amide bonds. The van der Waals surface area contributed by atoms with E-state index < -0.39 is 0 Å². The van der Waals surface area contributed by atoms with Crippen molar-refractivity contribution in [3.05, 3.63) is 28.9 Å². The molecule has 0 bridgehead atoms. The quantitative estimate of drug-likeness (QED) is 0.844. The van der Waals surface area contributed by atoms with Crippen LogP contribution in [0.15, 0.2) is 18.2 Å². The number of nitrogens with two attached hydrogens (primary N) is 1. The highest BCUT2D eigenvalue weighted by Crippen LogP contribution is 2.33. The van der Waals surface area contributed by atoms with Gasteiger partial charge in [0.25, 0.3) is 0 Å². The number of methoxy groups -OCH3 is 1. The van der Waals surface area contributed by atoms with Gasteiger partial charge in [0, 0.05) is 16.3 Å². The van der Waals surface area contributed by atoms with Crippen LogP contribution < -0.4 is 10.5 Å². The summed E-state index contributed by atoms with van der Waals surface area (Å²) in [6, 6.07) is 5.39. The lowest BCUT2D eigenvalue weighted by Crippen LogP contribution is -1.90. The zero-order valence-corrected chi connectivity index (χ0v) is 9.80. The van der Waals surface area contributed by atoms with Crippen LogP contribution in [0.25, 0.3) is 11.3 Å². The van der Waals surface area contributed by atoms with Crippen molar-refractivity contribution in [1.82, 2.24) is 9.97 Å².